The van der Waals surface area contributed by atoms with Gasteiger partial charge in [-0.05, 0) is 6.92 Å². The third-order valence-electron chi connectivity index (χ3n) is 1.72. The molecule has 0 amide bonds. The fourth-order valence-corrected chi connectivity index (χ4v) is 1.02. The summed E-state index contributed by atoms with van der Waals surface area (Å²) < 4.78 is 0.631. The number of aryl methyl sites for hydroxylation is 1. The molecule has 2 bridgehead atoms. The van der Waals surface area contributed by atoms with Crippen molar-refractivity contribution in [2.24, 2.45) is 0 Å². The van der Waals surface area contributed by atoms with E-state index in [-0.39, 0.29) is 10.3 Å². The number of fused-ring (bicyclic) bond motifs is 2. The molecule has 0 atom stereocenters. The standard InChI is InChI=1S/C7H4N2O6/c1-3-2-8-7(13)9(4(3)10)15-6(12)5(11)14-8/h2H,1H3. The molecular weight excluding hydrogens is 208 g/mol. The number of carbonyl (C=O) groups excluding carboxylic acids is 2. The Hall–Kier alpha value is -2.38. The molecule has 8 nitrogen and oxygen atoms in total. The molecule has 0 N–H and O–H groups in total. The van der Waals surface area contributed by atoms with Crippen molar-refractivity contribution in [3.8, 4) is 0 Å². The first-order chi connectivity index (χ1) is 7.00. The van der Waals surface area contributed by atoms with E-state index in [1.807, 2.05) is 0 Å². The number of hydrogen-bond acceptors (Lipinski definition) is 6. The van der Waals surface area contributed by atoms with E-state index in [0.29, 0.717) is 4.73 Å². The van der Waals surface area contributed by atoms with Crippen LogP contribution in [0.5, 0.6) is 0 Å². The third-order valence-corrected chi connectivity index (χ3v) is 1.72. The quantitative estimate of drug-likeness (QED) is 0.432. The van der Waals surface area contributed by atoms with Crippen LogP contribution in [0.1, 0.15) is 5.56 Å². The Kier molecular flexibility index (Phi) is 1.72. The molecule has 15 heavy (non-hydrogen) atoms. The Balaban J connectivity index is 2.82. The molecule has 1 aliphatic heterocycles. The maximum atomic E-state index is 11.3. The maximum absolute atomic E-state index is 11.3. The molecule has 8 heteroatoms. The highest BCUT2D eigenvalue weighted by Gasteiger charge is 2.28. The molecule has 0 saturated carbocycles. The number of aromatic nitrogens is 2. The monoisotopic (exact) mass is 212 g/mol. The van der Waals surface area contributed by atoms with E-state index >= 15 is 0 Å². The van der Waals surface area contributed by atoms with Gasteiger partial charge in [-0.25, -0.2) is 14.4 Å². The lowest BCUT2D eigenvalue weighted by atomic mass is 10.4. The normalized spacial score (nSPS) is 14.2. The summed E-state index contributed by atoms with van der Waals surface area (Å²) in [7, 11) is 0. The molecule has 0 aromatic carbocycles. The Labute approximate surface area is 81.2 Å². The average Bonchev–Trinajstić information content (AvgIpc) is 2.26. The summed E-state index contributed by atoms with van der Waals surface area (Å²) in [5.41, 5.74) is -1.77. The van der Waals surface area contributed by atoms with Crippen molar-refractivity contribution in [1.82, 2.24) is 9.46 Å². The number of nitrogens with zero attached hydrogens (tertiary/aromatic N) is 2. The van der Waals surface area contributed by atoms with E-state index < -0.39 is 23.2 Å². The van der Waals surface area contributed by atoms with Crippen molar-refractivity contribution < 1.29 is 19.3 Å². The fraction of sp³-hybridized carbons (Fsp3) is 0.143. The van der Waals surface area contributed by atoms with Gasteiger partial charge in [-0.15, -0.1) is 4.73 Å². The number of hydrogen-bond donors (Lipinski definition) is 0. The molecule has 1 aromatic heterocycles. The molecule has 1 aromatic rings. The van der Waals surface area contributed by atoms with Crippen LogP contribution >= 0.6 is 0 Å². The number of rotatable bonds is 0. The zero-order valence-corrected chi connectivity index (χ0v) is 7.42. The van der Waals surface area contributed by atoms with Crippen molar-refractivity contribution in [3.05, 3.63) is 32.6 Å². The molecule has 2 heterocycles. The van der Waals surface area contributed by atoms with E-state index in [1.165, 1.54) is 6.92 Å². The molecule has 0 fully saturated rings. The van der Waals surface area contributed by atoms with Gasteiger partial charge in [0, 0.05) is 5.56 Å². The van der Waals surface area contributed by atoms with Gasteiger partial charge in [0.15, 0.2) is 0 Å². The van der Waals surface area contributed by atoms with Gasteiger partial charge >= 0.3 is 17.6 Å². The first-order valence-corrected chi connectivity index (χ1v) is 3.81. The Morgan fingerprint density at radius 3 is 2.33 bits per heavy atom. The first-order valence-electron chi connectivity index (χ1n) is 3.81. The van der Waals surface area contributed by atoms with Gasteiger partial charge in [-0.2, -0.15) is 0 Å². The summed E-state index contributed by atoms with van der Waals surface area (Å²) in [6.07, 6.45) is 1.00. The van der Waals surface area contributed by atoms with Crippen molar-refractivity contribution in [3.63, 3.8) is 0 Å². The van der Waals surface area contributed by atoms with Crippen LogP contribution in [-0.2, 0) is 9.59 Å². The second-order valence-corrected chi connectivity index (χ2v) is 2.78. The second kappa shape index (κ2) is 2.80. The van der Waals surface area contributed by atoms with Crippen molar-refractivity contribution >= 4 is 11.9 Å². The van der Waals surface area contributed by atoms with E-state index in [0.717, 1.165) is 6.20 Å². The zero-order chi connectivity index (χ0) is 11.2. The minimum Gasteiger partial charge on any atom is -0.321 e. The van der Waals surface area contributed by atoms with Crippen LogP contribution in [0.4, 0.5) is 0 Å². The Bertz CT molecular complexity index is 580. The van der Waals surface area contributed by atoms with Crippen LogP contribution in [0.2, 0.25) is 0 Å². The predicted molar refractivity (Wildman–Crippen MR) is 42.9 cm³/mol. The summed E-state index contributed by atoms with van der Waals surface area (Å²) in [6, 6.07) is 0. The molecule has 1 aliphatic rings. The van der Waals surface area contributed by atoms with Gasteiger partial charge in [0.25, 0.3) is 5.56 Å². The highest BCUT2D eigenvalue weighted by Crippen LogP contribution is 1.88. The second-order valence-electron chi connectivity index (χ2n) is 2.78. The van der Waals surface area contributed by atoms with Gasteiger partial charge in [-0.1, -0.05) is 4.73 Å². The largest absolute Gasteiger partial charge is 0.444 e. The SMILES string of the molecule is Cc1cn2c(=O)n(c1=O)OC(=O)C(=O)O2. The lowest BCUT2D eigenvalue weighted by molar-refractivity contribution is -0.165. The number of carbonyl (C=O) groups is 2. The van der Waals surface area contributed by atoms with Gasteiger partial charge < -0.3 is 9.68 Å². The summed E-state index contributed by atoms with van der Waals surface area (Å²) in [5.74, 6) is -2.80. The van der Waals surface area contributed by atoms with Gasteiger partial charge in [0.2, 0.25) is 0 Å². The average molecular weight is 212 g/mol. The third kappa shape index (κ3) is 1.23. The lowest BCUT2D eigenvalue weighted by Crippen LogP contribution is -2.43. The van der Waals surface area contributed by atoms with Gasteiger partial charge in [0.1, 0.15) is 0 Å². The zero-order valence-electron chi connectivity index (χ0n) is 7.42. The van der Waals surface area contributed by atoms with Crippen molar-refractivity contribution in [1.29, 1.82) is 0 Å². The fourth-order valence-electron chi connectivity index (χ4n) is 1.02. The van der Waals surface area contributed by atoms with Crippen molar-refractivity contribution in [2.75, 3.05) is 0 Å². The smallest absolute Gasteiger partial charge is 0.321 e. The predicted octanol–water partition coefficient (Wildman–Crippen LogP) is -2.76. The van der Waals surface area contributed by atoms with Crippen LogP contribution < -0.4 is 20.9 Å². The van der Waals surface area contributed by atoms with Crippen LogP contribution in [0.15, 0.2) is 15.8 Å². The molecule has 0 radical (unpaired) electrons. The first kappa shape index (κ1) is 9.19. The molecule has 0 unspecified atom stereocenters. The van der Waals surface area contributed by atoms with E-state index in [4.69, 9.17) is 0 Å². The van der Waals surface area contributed by atoms with Crippen LogP contribution in [0.25, 0.3) is 0 Å². The topological polar surface area (TPSA) is 96.6 Å². The molecule has 0 aliphatic carbocycles. The molecule has 0 spiro atoms. The summed E-state index contributed by atoms with van der Waals surface area (Å²) >= 11 is 0. The summed E-state index contributed by atoms with van der Waals surface area (Å²) in [6.45, 7) is 1.38. The minimum absolute atomic E-state index is 0.0945. The molecule has 0 saturated heterocycles. The van der Waals surface area contributed by atoms with Crippen LogP contribution in [0.3, 0.4) is 0 Å². The lowest BCUT2D eigenvalue weighted by Gasteiger charge is -2.01. The van der Waals surface area contributed by atoms with Gasteiger partial charge in [0.05, 0.1) is 6.20 Å². The summed E-state index contributed by atoms with van der Waals surface area (Å²) in [5, 5.41) is 0. The molecule has 78 valence electrons. The highest BCUT2D eigenvalue weighted by molar-refractivity contribution is 6.30. The van der Waals surface area contributed by atoms with E-state index in [2.05, 4.69) is 9.68 Å². The Morgan fingerprint density at radius 1 is 1.07 bits per heavy atom. The molecular formula is C7H4N2O6. The van der Waals surface area contributed by atoms with Gasteiger partial charge in [-0.3, -0.25) is 4.79 Å². The molecule has 2 rings (SSSR count). The van der Waals surface area contributed by atoms with E-state index in [1.54, 1.807) is 0 Å². The highest BCUT2D eigenvalue weighted by atomic mass is 16.8. The van der Waals surface area contributed by atoms with Crippen LogP contribution in [-0.4, -0.2) is 21.4 Å². The minimum atomic E-state index is -1.43. The summed E-state index contributed by atoms with van der Waals surface area (Å²) in [4.78, 5) is 52.9. The van der Waals surface area contributed by atoms with Crippen molar-refractivity contribution in [2.45, 2.75) is 6.92 Å². The maximum Gasteiger partial charge on any atom is 0.444 e. The van der Waals surface area contributed by atoms with E-state index in [9.17, 15) is 19.2 Å². The Morgan fingerprint density at radius 2 is 1.67 bits per heavy atom. The van der Waals surface area contributed by atoms with Crippen LogP contribution in [0, 0.1) is 6.92 Å².